The molecule has 0 bridgehead atoms. The molecule has 82 valence electrons. The number of pyridine rings is 1. The molecule has 0 N–H and O–H groups in total. The van der Waals surface area contributed by atoms with Gasteiger partial charge >= 0.3 is 0 Å². The highest BCUT2D eigenvalue weighted by Crippen LogP contribution is 2.22. The van der Waals surface area contributed by atoms with Crippen LogP contribution in [0, 0.1) is 5.82 Å². The highest BCUT2D eigenvalue weighted by atomic mass is 35.5. The van der Waals surface area contributed by atoms with Crippen LogP contribution in [-0.4, -0.2) is 31.3 Å². The number of hydrogen-bond acceptors (Lipinski definition) is 3. The summed E-state index contributed by atoms with van der Waals surface area (Å²) in [6.07, 6.45) is 2.35. The molecule has 0 radical (unpaired) electrons. The molecule has 0 aliphatic carbocycles. The van der Waals surface area contributed by atoms with E-state index in [4.69, 9.17) is 16.3 Å². The Morgan fingerprint density at radius 2 is 2.47 bits per heavy atom. The van der Waals surface area contributed by atoms with Gasteiger partial charge in [0.1, 0.15) is 0 Å². The van der Waals surface area contributed by atoms with E-state index in [-0.39, 0.29) is 6.04 Å². The van der Waals surface area contributed by atoms with Gasteiger partial charge in [-0.3, -0.25) is 0 Å². The van der Waals surface area contributed by atoms with Crippen molar-refractivity contribution in [1.29, 1.82) is 0 Å². The van der Waals surface area contributed by atoms with Crippen LogP contribution in [0.15, 0.2) is 12.3 Å². The highest BCUT2D eigenvalue weighted by molar-refractivity contribution is 6.30. The van der Waals surface area contributed by atoms with Crippen LogP contribution in [0.25, 0.3) is 0 Å². The summed E-state index contributed by atoms with van der Waals surface area (Å²) in [4.78, 5) is 5.79. The maximum absolute atomic E-state index is 13.5. The van der Waals surface area contributed by atoms with Crippen LogP contribution in [0.1, 0.15) is 6.42 Å². The Kier molecular flexibility index (Phi) is 3.07. The number of hydrogen-bond donors (Lipinski definition) is 0. The maximum Gasteiger partial charge on any atom is 0.167 e. The Morgan fingerprint density at radius 3 is 3.07 bits per heavy atom. The molecule has 0 amide bonds. The zero-order chi connectivity index (χ0) is 10.8. The molecular formula is C10H12ClFN2O. The lowest BCUT2D eigenvalue weighted by atomic mass is 10.2. The van der Waals surface area contributed by atoms with Gasteiger partial charge in [0.05, 0.1) is 17.7 Å². The molecule has 1 fully saturated rings. The highest BCUT2D eigenvalue weighted by Gasteiger charge is 2.23. The second-order valence-corrected chi connectivity index (χ2v) is 4.02. The molecule has 3 nitrogen and oxygen atoms in total. The van der Waals surface area contributed by atoms with Crippen molar-refractivity contribution in [1.82, 2.24) is 4.98 Å². The summed E-state index contributed by atoms with van der Waals surface area (Å²) >= 11 is 5.64. The number of aromatic nitrogens is 1. The van der Waals surface area contributed by atoms with Crippen LogP contribution in [-0.2, 0) is 4.74 Å². The SMILES string of the molecule is CN(c1ncc(Cl)cc1F)C1CCOC1. The lowest BCUT2D eigenvalue weighted by Crippen LogP contribution is -2.33. The zero-order valence-corrected chi connectivity index (χ0v) is 9.17. The van der Waals surface area contributed by atoms with E-state index in [1.807, 2.05) is 7.05 Å². The van der Waals surface area contributed by atoms with E-state index in [9.17, 15) is 4.39 Å². The Bertz CT molecular complexity index is 355. The molecule has 1 aromatic rings. The van der Waals surface area contributed by atoms with Gasteiger partial charge in [0.15, 0.2) is 11.6 Å². The lowest BCUT2D eigenvalue weighted by Gasteiger charge is -2.24. The van der Waals surface area contributed by atoms with Crippen molar-refractivity contribution in [2.24, 2.45) is 0 Å². The minimum atomic E-state index is -0.392. The topological polar surface area (TPSA) is 25.4 Å². The first-order chi connectivity index (χ1) is 7.18. The van der Waals surface area contributed by atoms with Crippen LogP contribution >= 0.6 is 11.6 Å². The van der Waals surface area contributed by atoms with Gasteiger partial charge in [-0.2, -0.15) is 0 Å². The number of nitrogens with zero attached hydrogens (tertiary/aromatic N) is 2. The molecule has 1 unspecified atom stereocenters. The normalized spacial score (nSPS) is 20.6. The van der Waals surface area contributed by atoms with Crippen molar-refractivity contribution in [2.75, 3.05) is 25.2 Å². The molecule has 1 aliphatic rings. The number of halogens is 2. The molecule has 1 saturated heterocycles. The fourth-order valence-corrected chi connectivity index (χ4v) is 1.81. The zero-order valence-electron chi connectivity index (χ0n) is 8.41. The Balaban J connectivity index is 2.20. The van der Waals surface area contributed by atoms with E-state index >= 15 is 0 Å². The van der Waals surface area contributed by atoms with E-state index in [0.717, 1.165) is 13.0 Å². The summed E-state index contributed by atoms with van der Waals surface area (Å²) in [7, 11) is 1.82. The van der Waals surface area contributed by atoms with Crippen molar-refractivity contribution in [3.05, 3.63) is 23.1 Å². The minimum absolute atomic E-state index is 0.202. The van der Waals surface area contributed by atoms with Gasteiger partial charge in [-0.15, -0.1) is 0 Å². The fraction of sp³-hybridized carbons (Fsp3) is 0.500. The fourth-order valence-electron chi connectivity index (χ4n) is 1.67. The van der Waals surface area contributed by atoms with E-state index in [1.165, 1.54) is 12.3 Å². The number of likely N-dealkylation sites (N-methyl/N-ethyl adjacent to an activating group) is 1. The first-order valence-electron chi connectivity index (χ1n) is 4.80. The second kappa shape index (κ2) is 4.33. The van der Waals surface area contributed by atoms with Crippen molar-refractivity contribution in [3.8, 4) is 0 Å². The molecule has 0 saturated carbocycles. The number of rotatable bonds is 2. The van der Waals surface area contributed by atoms with Crippen LogP contribution in [0.2, 0.25) is 5.02 Å². The van der Waals surface area contributed by atoms with Gasteiger partial charge in [-0.05, 0) is 12.5 Å². The summed E-state index contributed by atoms with van der Waals surface area (Å²) in [5, 5.41) is 0.312. The van der Waals surface area contributed by atoms with Crippen molar-refractivity contribution in [2.45, 2.75) is 12.5 Å². The van der Waals surface area contributed by atoms with Gasteiger partial charge in [-0.1, -0.05) is 11.6 Å². The first-order valence-corrected chi connectivity index (χ1v) is 5.18. The molecule has 2 rings (SSSR count). The average molecular weight is 231 g/mol. The Morgan fingerprint density at radius 1 is 1.67 bits per heavy atom. The largest absolute Gasteiger partial charge is 0.379 e. The maximum atomic E-state index is 13.5. The molecule has 1 atom stereocenters. The molecule has 1 aliphatic heterocycles. The summed E-state index contributed by atoms with van der Waals surface area (Å²) in [6, 6.07) is 1.48. The Labute approximate surface area is 92.8 Å². The van der Waals surface area contributed by atoms with Crippen molar-refractivity contribution >= 4 is 17.4 Å². The molecule has 2 heterocycles. The number of ether oxygens (including phenoxy) is 1. The van der Waals surface area contributed by atoms with Crippen molar-refractivity contribution < 1.29 is 9.13 Å². The summed E-state index contributed by atoms with van der Waals surface area (Å²) in [5.41, 5.74) is 0. The van der Waals surface area contributed by atoms with Gasteiger partial charge in [0, 0.05) is 19.9 Å². The summed E-state index contributed by atoms with van der Waals surface area (Å²) < 4.78 is 18.8. The van der Waals surface area contributed by atoms with E-state index in [1.54, 1.807) is 4.90 Å². The molecule has 15 heavy (non-hydrogen) atoms. The molecule has 0 spiro atoms. The smallest absolute Gasteiger partial charge is 0.167 e. The second-order valence-electron chi connectivity index (χ2n) is 3.59. The minimum Gasteiger partial charge on any atom is -0.379 e. The third kappa shape index (κ3) is 2.21. The Hall–Kier alpha value is -0.870. The third-order valence-electron chi connectivity index (χ3n) is 2.58. The van der Waals surface area contributed by atoms with Crippen LogP contribution < -0.4 is 4.90 Å². The van der Waals surface area contributed by atoms with Crippen LogP contribution in [0.4, 0.5) is 10.2 Å². The molecular weight excluding hydrogens is 219 g/mol. The van der Waals surface area contributed by atoms with Gasteiger partial charge in [0.2, 0.25) is 0 Å². The van der Waals surface area contributed by atoms with Gasteiger partial charge in [0.25, 0.3) is 0 Å². The average Bonchev–Trinajstić information content (AvgIpc) is 2.69. The molecule has 1 aromatic heterocycles. The lowest BCUT2D eigenvalue weighted by molar-refractivity contribution is 0.193. The molecule has 0 aromatic carbocycles. The van der Waals surface area contributed by atoms with Crippen LogP contribution in [0.5, 0.6) is 0 Å². The monoisotopic (exact) mass is 230 g/mol. The van der Waals surface area contributed by atoms with E-state index in [2.05, 4.69) is 4.98 Å². The van der Waals surface area contributed by atoms with Crippen LogP contribution in [0.3, 0.4) is 0 Å². The van der Waals surface area contributed by atoms with E-state index in [0.29, 0.717) is 17.4 Å². The standard InChI is InChI=1S/C10H12ClFN2O/c1-14(8-2-3-15-6-8)10-9(12)4-7(11)5-13-10/h4-5,8H,2-3,6H2,1H3. The van der Waals surface area contributed by atoms with Gasteiger partial charge in [-0.25, -0.2) is 9.37 Å². The number of anilines is 1. The first kappa shape index (κ1) is 10.6. The van der Waals surface area contributed by atoms with Gasteiger partial charge < -0.3 is 9.64 Å². The summed E-state index contributed by atoms with van der Waals surface area (Å²) in [5.74, 6) is -0.0631. The summed E-state index contributed by atoms with van der Waals surface area (Å²) in [6.45, 7) is 1.35. The quantitative estimate of drug-likeness (QED) is 0.778. The predicted molar refractivity (Wildman–Crippen MR) is 56.8 cm³/mol. The predicted octanol–water partition coefficient (Wildman–Crippen LogP) is 2.10. The molecule has 5 heteroatoms. The third-order valence-corrected chi connectivity index (χ3v) is 2.78. The van der Waals surface area contributed by atoms with Crippen molar-refractivity contribution in [3.63, 3.8) is 0 Å². The van der Waals surface area contributed by atoms with E-state index < -0.39 is 5.82 Å².